The minimum atomic E-state index is -0.209. The van der Waals surface area contributed by atoms with Gasteiger partial charge in [-0.25, -0.2) is 4.39 Å². The Bertz CT molecular complexity index is 812. The van der Waals surface area contributed by atoms with Gasteiger partial charge in [0, 0.05) is 64.1 Å². The van der Waals surface area contributed by atoms with E-state index in [1.807, 2.05) is 40.1 Å². The van der Waals surface area contributed by atoms with Crippen molar-refractivity contribution in [3.8, 4) is 0 Å². The van der Waals surface area contributed by atoms with Crippen molar-refractivity contribution in [1.29, 1.82) is 0 Å². The highest BCUT2D eigenvalue weighted by molar-refractivity contribution is 5.77. The van der Waals surface area contributed by atoms with Crippen LogP contribution in [0.3, 0.4) is 0 Å². The molecule has 0 spiro atoms. The minimum absolute atomic E-state index is 0.0305. The number of halogens is 1. The number of nitrogens with one attached hydrogen (secondary N) is 1. The summed E-state index contributed by atoms with van der Waals surface area (Å²) in [6.07, 6.45) is 0. The first kappa shape index (κ1) is 22.1. The van der Waals surface area contributed by atoms with E-state index in [2.05, 4.69) is 44.3 Å². The van der Waals surface area contributed by atoms with Gasteiger partial charge in [0.1, 0.15) is 5.82 Å². The normalized spacial score (nSPS) is 15.9. The van der Waals surface area contributed by atoms with Gasteiger partial charge in [0.15, 0.2) is 0 Å². The average Bonchev–Trinajstić information content (AvgIpc) is 2.75. The largest absolute Gasteiger partial charge is 0.378 e. The fraction of sp³-hybridized carbons (Fsp3) is 0.458. The molecule has 0 aliphatic carbocycles. The lowest BCUT2D eigenvalue weighted by Gasteiger charge is -2.40. The second-order valence-corrected chi connectivity index (χ2v) is 8.40. The molecule has 0 bridgehead atoms. The highest BCUT2D eigenvalue weighted by atomic mass is 19.1. The summed E-state index contributed by atoms with van der Waals surface area (Å²) in [5.74, 6) is -0.161. The monoisotopic (exact) mass is 412 g/mol. The van der Waals surface area contributed by atoms with E-state index in [1.165, 1.54) is 17.7 Å². The van der Waals surface area contributed by atoms with Crippen molar-refractivity contribution in [2.24, 2.45) is 5.92 Å². The third-order valence-electron chi connectivity index (χ3n) is 5.74. The summed E-state index contributed by atoms with van der Waals surface area (Å²) in [6, 6.07) is 15.4. The van der Waals surface area contributed by atoms with Crippen molar-refractivity contribution in [3.05, 3.63) is 59.9 Å². The number of hydrogen-bond donors (Lipinski definition) is 1. The lowest BCUT2D eigenvalue weighted by atomic mass is 10.0. The predicted molar refractivity (Wildman–Crippen MR) is 122 cm³/mol. The van der Waals surface area contributed by atoms with Crippen LogP contribution in [0, 0.1) is 11.7 Å². The molecule has 3 rings (SSSR count). The van der Waals surface area contributed by atoms with Crippen LogP contribution in [0.4, 0.5) is 15.8 Å². The van der Waals surface area contributed by atoms with E-state index in [-0.39, 0.29) is 23.7 Å². The fourth-order valence-corrected chi connectivity index (χ4v) is 3.80. The second kappa shape index (κ2) is 9.94. The Morgan fingerprint density at radius 2 is 1.60 bits per heavy atom. The van der Waals surface area contributed by atoms with E-state index in [9.17, 15) is 9.18 Å². The Kier molecular flexibility index (Phi) is 7.32. The van der Waals surface area contributed by atoms with Gasteiger partial charge in [-0.1, -0.05) is 26.0 Å². The van der Waals surface area contributed by atoms with Crippen molar-refractivity contribution in [2.45, 2.75) is 19.9 Å². The maximum atomic E-state index is 13.2. The molecule has 5 nitrogen and oxygen atoms in total. The molecule has 0 aromatic heterocycles. The van der Waals surface area contributed by atoms with E-state index in [4.69, 9.17) is 0 Å². The van der Waals surface area contributed by atoms with Crippen molar-refractivity contribution in [3.63, 3.8) is 0 Å². The van der Waals surface area contributed by atoms with Gasteiger partial charge in [-0.05, 0) is 42.0 Å². The highest BCUT2D eigenvalue weighted by Crippen LogP contribution is 2.26. The van der Waals surface area contributed by atoms with Crippen LogP contribution in [0.2, 0.25) is 0 Å². The topological polar surface area (TPSA) is 38.8 Å². The van der Waals surface area contributed by atoms with Gasteiger partial charge in [0.25, 0.3) is 0 Å². The maximum absolute atomic E-state index is 13.2. The first-order chi connectivity index (χ1) is 14.3. The Labute approximate surface area is 179 Å². The summed E-state index contributed by atoms with van der Waals surface area (Å²) in [6.45, 7) is 7.93. The molecule has 0 saturated carbocycles. The quantitative estimate of drug-likeness (QED) is 0.755. The van der Waals surface area contributed by atoms with Crippen LogP contribution in [0.25, 0.3) is 0 Å². The van der Waals surface area contributed by atoms with E-state index >= 15 is 0 Å². The predicted octanol–water partition coefficient (Wildman–Crippen LogP) is 3.53. The number of amides is 1. The van der Waals surface area contributed by atoms with Gasteiger partial charge in [-0.3, -0.25) is 9.69 Å². The minimum Gasteiger partial charge on any atom is -0.378 e. The highest BCUT2D eigenvalue weighted by Gasteiger charge is 2.26. The molecular formula is C24H33FN4O. The average molecular weight is 413 g/mol. The number of rotatable bonds is 7. The summed E-state index contributed by atoms with van der Waals surface area (Å²) in [5.41, 5.74) is 3.42. The molecule has 0 radical (unpaired) electrons. The van der Waals surface area contributed by atoms with Crippen LogP contribution >= 0.6 is 0 Å². The van der Waals surface area contributed by atoms with E-state index in [1.54, 1.807) is 0 Å². The van der Waals surface area contributed by atoms with Gasteiger partial charge >= 0.3 is 0 Å². The molecule has 162 valence electrons. The van der Waals surface area contributed by atoms with Crippen LogP contribution in [-0.2, 0) is 4.79 Å². The molecule has 1 atom stereocenters. The fourth-order valence-electron chi connectivity index (χ4n) is 3.80. The molecule has 2 aromatic rings. The van der Waals surface area contributed by atoms with Crippen LogP contribution in [0.1, 0.15) is 25.5 Å². The smallest absolute Gasteiger partial charge is 0.222 e. The number of anilines is 2. The first-order valence-corrected chi connectivity index (χ1v) is 10.6. The first-order valence-electron chi connectivity index (χ1n) is 10.6. The van der Waals surface area contributed by atoms with Crippen LogP contribution in [0.5, 0.6) is 0 Å². The van der Waals surface area contributed by atoms with Crippen molar-refractivity contribution < 1.29 is 9.18 Å². The van der Waals surface area contributed by atoms with Gasteiger partial charge in [0.2, 0.25) is 5.91 Å². The number of nitrogens with zero attached hydrogens (tertiary/aromatic N) is 3. The summed E-state index contributed by atoms with van der Waals surface area (Å²) in [4.78, 5) is 19.0. The molecule has 1 aliphatic heterocycles. The molecule has 30 heavy (non-hydrogen) atoms. The van der Waals surface area contributed by atoms with Crippen molar-refractivity contribution in [1.82, 2.24) is 10.2 Å². The number of carbonyl (C=O) groups excluding carboxylic acids is 1. The third-order valence-corrected chi connectivity index (χ3v) is 5.74. The third kappa shape index (κ3) is 5.51. The van der Waals surface area contributed by atoms with E-state index < -0.39 is 0 Å². The molecule has 1 amide bonds. The zero-order valence-electron chi connectivity index (χ0n) is 18.4. The molecular weight excluding hydrogens is 379 g/mol. The van der Waals surface area contributed by atoms with Crippen molar-refractivity contribution in [2.75, 3.05) is 56.6 Å². The summed E-state index contributed by atoms with van der Waals surface area (Å²) >= 11 is 0. The van der Waals surface area contributed by atoms with Crippen LogP contribution in [0.15, 0.2) is 48.5 Å². The molecule has 1 aliphatic rings. The van der Waals surface area contributed by atoms with Crippen LogP contribution in [-0.4, -0.2) is 57.6 Å². The Morgan fingerprint density at radius 3 is 2.13 bits per heavy atom. The van der Waals surface area contributed by atoms with E-state index in [0.717, 1.165) is 37.6 Å². The zero-order chi connectivity index (χ0) is 21.7. The van der Waals surface area contributed by atoms with Gasteiger partial charge in [-0.2, -0.15) is 0 Å². The molecule has 2 aromatic carbocycles. The van der Waals surface area contributed by atoms with Gasteiger partial charge in [-0.15, -0.1) is 0 Å². The number of hydrogen-bond acceptors (Lipinski definition) is 4. The molecule has 6 heteroatoms. The Hall–Kier alpha value is -2.60. The van der Waals surface area contributed by atoms with Gasteiger partial charge < -0.3 is 15.1 Å². The Balaban J connectivity index is 1.71. The lowest BCUT2D eigenvalue weighted by molar-refractivity contribution is -0.124. The standard InChI is InChI=1S/C24H33FN4O/c1-18(2)24(30)26-17-23(19-5-9-21(10-6-19)27(3)4)29-15-13-28(14-16-29)22-11-7-20(25)8-12-22/h5-12,18,23H,13-17H2,1-4H3,(H,26,30)/t23-/m0/s1. The maximum Gasteiger partial charge on any atom is 0.222 e. The molecule has 1 N–H and O–H groups in total. The lowest BCUT2D eigenvalue weighted by Crippen LogP contribution is -2.50. The van der Waals surface area contributed by atoms with Crippen LogP contribution < -0.4 is 15.1 Å². The number of benzene rings is 2. The number of carbonyl (C=O) groups is 1. The molecule has 1 heterocycles. The Morgan fingerprint density at radius 1 is 1.00 bits per heavy atom. The summed E-state index contributed by atoms with van der Waals surface area (Å²) < 4.78 is 13.2. The summed E-state index contributed by atoms with van der Waals surface area (Å²) in [7, 11) is 4.06. The molecule has 1 fully saturated rings. The number of piperazine rings is 1. The summed E-state index contributed by atoms with van der Waals surface area (Å²) in [5, 5.41) is 3.12. The van der Waals surface area contributed by atoms with Gasteiger partial charge in [0.05, 0.1) is 6.04 Å². The zero-order valence-corrected chi connectivity index (χ0v) is 18.4. The van der Waals surface area contributed by atoms with Crippen molar-refractivity contribution >= 4 is 17.3 Å². The molecule has 1 saturated heterocycles. The van der Waals surface area contributed by atoms with E-state index in [0.29, 0.717) is 6.54 Å². The molecule has 0 unspecified atom stereocenters. The SMILES string of the molecule is CC(C)C(=O)NC[C@@H](c1ccc(N(C)C)cc1)N1CCN(c2ccc(F)cc2)CC1. The second-order valence-electron chi connectivity index (χ2n) is 8.40.